The second-order valence-electron chi connectivity index (χ2n) is 3.69. The van der Waals surface area contributed by atoms with Crippen LogP contribution in [0.15, 0.2) is 41.0 Å². The summed E-state index contributed by atoms with van der Waals surface area (Å²) in [7, 11) is 1.38. The molecule has 0 aliphatic rings. The zero-order chi connectivity index (χ0) is 12.4. The van der Waals surface area contributed by atoms with Gasteiger partial charge in [0.25, 0.3) is 0 Å². The Balaban J connectivity index is 2.53. The summed E-state index contributed by atoms with van der Waals surface area (Å²) in [6, 6.07) is 9.49. The van der Waals surface area contributed by atoms with Crippen LogP contribution in [0.5, 0.6) is 0 Å². The molecular formula is C13H12BrNO2. The second kappa shape index (κ2) is 4.75. The van der Waals surface area contributed by atoms with Crippen LogP contribution in [-0.2, 0) is 4.74 Å². The Morgan fingerprint density at radius 2 is 2.12 bits per heavy atom. The van der Waals surface area contributed by atoms with Crippen LogP contribution in [0.1, 0.15) is 16.1 Å². The van der Waals surface area contributed by atoms with Crippen molar-refractivity contribution in [1.29, 1.82) is 0 Å². The molecule has 1 heterocycles. The van der Waals surface area contributed by atoms with Gasteiger partial charge >= 0.3 is 5.97 Å². The highest BCUT2D eigenvalue weighted by atomic mass is 79.9. The summed E-state index contributed by atoms with van der Waals surface area (Å²) >= 11 is 3.42. The number of nitrogens with zero attached hydrogens (tertiary/aromatic N) is 1. The molecule has 0 radical (unpaired) electrons. The Bertz CT molecular complexity index is 560. The third-order valence-corrected chi connectivity index (χ3v) is 3.05. The summed E-state index contributed by atoms with van der Waals surface area (Å²) < 4.78 is 7.60. The summed E-state index contributed by atoms with van der Waals surface area (Å²) in [4.78, 5) is 11.6. The van der Waals surface area contributed by atoms with Crippen LogP contribution in [0, 0.1) is 6.92 Å². The summed E-state index contributed by atoms with van der Waals surface area (Å²) in [5, 5.41) is 0. The minimum atomic E-state index is -0.336. The maximum atomic E-state index is 11.6. The minimum Gasteiger partial charge on any atom is -0.464 e. The second-order valence-corrected chi connectivity index (χ2v) is 4.60. The van der Waals surface area contributed by atoms with E-state index in [2.05, 4.69) is 15.9 Å². The average molecular weight is 294 g/mol. The largest absolute Gasteiger partial charge is 0.464 e. The fourth-order valence-corrected chi connectivity index (χ4v) is 2.23. The van der Waals surface area contributed by atoms with E-state index in [9.17, 15) is 4.79 Å². The standard InChI is InChI=1S/C13H12BrNO2/c1-9-8-10(14)5-6-11(9)15-7-3-4-12(15)13(16)17-2/h3-8H,1-2H3. The molecule has 0 amide bonds. The Labute approximate surface area is 108 Å². The molecular weight excluding hydrogens is 282 g/mol. The van der Waals surface area contributed by atoms with Crippen molar-refractivity contribution >= 4 is 21.9 Å². The lowest BCUT2D eigenvalue weighted by Gasteiger charge is -2.11. The predicted molar refractivity (Wildman–Crippen MR) is 69.5 cm³/mol. The number of benzene rings is 1. The third-order valence-electron chi connectivity index (χ3n) is 2.56. The average Bonchev–Trinajstić information content (AvgIpc) is 2.77. The van der Waals surface area contributed by atoms with Crippen LogP contribution in [0.25, 0.3) is 5.69 Å². The molecule has 0 aliphatic heterocycles. The highest BCUT2D eigenvalue weighted by Gasteiger charge is 2.13. The molecule has 0 unspecified atom stereocenters. The molecule has 0 N–H and O–H groups in total. The van der Waals surface area contributed by atoms with Gasteiger partial charge in [0.1, 0.15) is 5.69 Å². The number of aromatic nitrogens is 1. The number of hydrogen-bond acceptors (Lipinski definition) is 2. The van der Waals surface area contributed by atoms with Gasteiger partial charge in [0.2, 0.25) is 0 Å². The molecule has 0 aliphatic carbocycles. The van der Waals surface area contributed by atoms with Crippen molar-refractivity contribution in [3.63, 3.8) is 0 Å². The van der Waals surface area contributed by atoms with Gasteiger partial charge in [-0.05, 0) is 42.8 Å². The molecule has 0 saturated carbocycles. The van der Waals surface area contributed by atoms with Crippen molar-refractivity contribution < 1.29 is 9.53 Å². The molecule has 1 aromatic carbocycles. The van der Waals surface area contributed by atoms with Crippen molar-refractivity contribution in [2.45, 2.75) is 6.92 Å². The van der Waals surface area contributed by atoms with Gasteiger partial charge in [-0.15, -0.1) is 0 Å². The molecule has 2 aromatic rings. The first-order valence-electron chi connectivity index (χ1n) is 5.15. The number of rotatable bonds is 2. The highest BCUT2D eigenvalue weighted by Crippen LogP contribution is 2.21. The molecule has 0 fully saturated rings. The number of esters is 1. The number of carbonyl (C=O) groups is 1. The van der Waals surface area contributed by atoms with E-state index in [1.165, 1.54) is 7.11 Å². The quantitative estimate of drug-likeness (QED) is 0.795. The Hall–Kier alpha value is -1.55. The van der Waals surface area contributed by atoms with Crippen molar-refractivity contribution in [3.8, 4) is 5.69 Å². The molecule has 4 heteroatoms. The Morgan fingerprint density at radius 1 is 1.35 bits per heavy atom. The molecule has 3 nitrogen and oxygen atoms in total. The Kier molecular flexibility index (Phi) is 3.33. The minimum absolute atomic E-state index is 0.336. The van der Waals surface area contributed by atoms with Gasteiger partial charge in [-0.1, -0.05) is 15.9 Å². The normalized spacial score (nSPS) is 10.3. The van der Waals surface area contributed by atoms with Crippen LogP contribution in [-0.4, -0.2) is 17.6 Å². The molecule has 0 atom stereocenters. The van der Waals surface area contributed by atoms with Gasteiger partial charge in [0.15, 0.2) is 0 Å². The van der Waals surface area contributed by atoms with E-state index in [1.807, 2.05) is 42.0 Å². The fourth-order valence-electron chi connectivity index (χ4n) is 1.75. The summed E-state index contributed by atoms with van der Waals surface area (Å²) in [6.45, 7) is 2.00. The molecule has 2 rings (SSSR count). The first-order chi connectivity index (χ1) is 8.13. The van der Waals surface area contributed by atoms with Crippen molar-refractivity contribution in [2.24, 2.45) is 0 Å². The summed E-state index contributed by atoms with van der Waals surface area (Å²) in [5.41, 5.74) is 2.58. The fraction of sp³-hybridized carbons (Fsp3) is 0.154. The number of aryl methyl sites for hydroxylation is 1. The highest BCUT2D eigenvalue weighted by molar-refractivity contribution is 9.10. The first-order valence-corrected chi connectivity index (χ1v) is 5.95. The van der Waals surface area contributed by atoms with Crippen LogP contribution >= 0.6 is 15.9 Å². The molecule has 0 spiro atoms. The van der Waals surface area contributed by atoms with Gasteiger partial charge in [-0.3, -0.25) is 0 Å². The lowest BCUT2D eigenvalue weighted by Crippen LogP contribution is -2.09. The summed E-state index contributed by atoms with van der Waals surface area (Å²) in [5.74, 6) is -0.336. The maximum absolute atomic E-state index is 11.6. The van der Waals surface area contributed by atoms with Gasteiger partial charge in [-0.2, -0.15) is 0 Å². The van der Waals surface area contributed by atoms with Gasteiger partial charge < -0.3 is 9.30 Å². The van der Waals surface area contributed by atoms with Crippen molar-refractivity contribution in [2.75, 3.05) is 7.11 Å². The van der Waals surface area contributed by atoms with Crippen molar-refractivity contribution in [1.82, 2.24) is 4.57 Å². The number of ether oxygens (including phenoxy) is 1. The Morgan fingerprint density at radius 3 is 2.76 bits per heavy atom. The third kappa shape index (κ3) is 2.26. The first kappa shape index (κ1) is 11.9. The van der Waals surface area contributed by atoms with Crippen LogP contribution in [0.4, 0.5) is 0 Å². The lowest BCUT2D eigenvalue weighted by molar-refractivity contribution is 0.0591. The summed E-state index contributed by atoms with van der Waals surface area (Å²) in [6.07, 6.45) is 1.85. The zero-order valence-corrected chi connectivity index (χ0v) is 11.2. The van der Waals surface area contributed by atoms with E-state index >= 15 is 0 Å². The molecule has 17 heavy (non-hydrogen) atoms. The SMILES string of the molecule is COC(=O)c1cccn1-c1ccc(Br)cc1C. The van der Waals surface area contributed by atoms with Gasteiger partial charge in [0, 0.05) is 16.4 Å². The smallest absolute Gasteiger partial charge is 0.355 e. The lowest BCUT2D eigenvalue weighted by atomic mass is 10.2. The van der Waals surface area contributed by atoms with Gasteiger partial charge in [-0.25, -0.2) is 4.79 Å². The molecule has 88 valence electrons. The van der Waals surface area contributed by atoms with E-state index in [-0.39, 0.29) is 5.97 Å². The van der Waals surface area contributed by atoms with E-state index in [0.717, 1.165) is 15.7 Å². The van der Waals surface area contributed by atoms with Crippen molar-refractivity contribution in [3.05, 3.63) is 52.3 Å². The van der Waals surface area contributed by atoms with Crippen LogP contribution in [0.2, 0.25) is 0 Å². The van der Waals surface area contributed by atoms with E-state index in [1.54, 1.807) is 6.07 Å². The zero-order valence-electron chi connectivity index (χ0n) is 9.61. The maximum Gasteiger partial charge on any atom is 0.355 e. The topological polar surface area (TPSA) is 31.2 Å². The number of halogens is 1. The number of carbonyl (C=O) groups excluding carboxylic acids is 1. The van der Waals surface area contributed by atoms with Crippen LogP contribution < -0.4 is 0 Å². The predicted octanol–water partition coefficient (Wildman–Crippen LogP) is 3.33. The van der Waals surface area contributed by atoms with E-state index in [4.69, 9.17) is 4.74 Å². The number of hydrogen-bond donors (Lipinski definition) is 0. The van der Waals surface area contributed by atoms with E-state index in [0.29, 0.717) is 5.69 Å². The monoisotopic (exact) mass is 293 g/mol. The van der Waals surface area contributed by atoms with Gasteiger partial charge in [0.05, 0.1) is 7.11 Å². The number of methoxy groups -OCH3 is 1. The van der Waals surface area contributed by atoms with E-state index < -0.39 is 0 Å². The molecule has 0 saturated heterocycles. The molecule has 0 bridgehead atoms. The molecule has 1 aromatic heterocycles. The van der Waals surface area contributed by atoms with Crippen LogP contribution in [0.3, 0.4) is 0 Å².